The Balaban J connectivity index is 1.90. The molecular formula is C16H15FN2O3. The van der Waals surface area contributed by atoms with E-state index in [9.17, 15) is 14.0 Å². The van der Waals surface area contributed by atoms with Crippen molar-refractivity contribution in [1.29, 1.82) is 0 Å². The molecule has 2 aromatic carbocycles. The molecule has 0 aliphatic heterocycles. The van der Waals surface area contributed by atoms with Crippen LogP contribution in [0, 0.1) is 5.82 Å². The Morgan fingerprint density at radius 3 is 2.59 bits per heavy atom. The number of benzene rings is 2. The second kappa shape index (κ2) is 7.33. The topological polar surface area (TPSA) is 78.4 Å². The SMILES string of the molecule is O=C(CNC(=O)c1ccccc1F)Nc1cccc(CO)c1. The fourth-order valence-electron chi connectivity index (χ4n) is 1.85. The first-order valence-corrected chi connectivity index (χ1v) is 6.62. The highest BCUT2D eigenvalue weighted by molar-refractivity contribution is 5.99. The Morgan fingerprint density at radius 1 is 1.09 bits per heavy atom. The van der Waals surface area contributed by atoms with Gasteiger partial charge in [0.25, 0.3) is 5.91 Å². The van der Waals surface area contributed by atoms with Gasteiger partial charge in [-0.05, 0) is 29.8 Å². The predicted octanol–water partition coefficient (Wildman–Crippen LogP) is 1.69. The van der Waals surface area contributed by atoms with Gasteiger partial charge in [0.2, 0.25) is 5.91 Å². The number of rotatable bonds is 5. The second-order valence-electron chi connectivity index (χ2n) is 4.57. The van der Waals surface area contributed by atoms with Gasteiger partial charge in [-0.25, -0.2) is 4.39 Å². The second-order valence-corrected chi connectivity index (χ2v) is 4.57. The Labute approximate surface area is 126 Å². The minimum Gasteiger partial charge on any atom is -0.392 e. The van der Waals surface area contributed by atoms with E-state index >= 15 is 0 Å². The summed E-state index contributed by atoms with van der Waals surface area (Å²) in [6.45, 7) is -0.412. The zero-order valence-corrected chi connectivity index (χ0v) is 11.7. The monoisotopic (exact) mass is 302 g/mol. The van der Waals surface area contributed by atoms with Crippen LogP contribution < -0.4 is 10.6 Å². The zero-order valence-electron chi connectivity index (χ0n) is 11.7. The minimum atomic E-state index is -0.655. The molecule has 114 valence electrons. The highest BCUT2D eigenvalue weighted by Crippen LogP contribution is 2.10. The third-order valence-electron chi connectivity index (χ3n) is 2.92. The number of carbonyl (C=O) groups is 2. The van der Waals surface area contributed by atoms with Gasteiger partial charge in [0.05, 0.1) is 18.7 Å². The molecule has 0 radical (unpaired) electrons. The summed E-state index contributed by atoms with van der Waals surface area (Å²) in [5.74, 6) is -1.74. The van der Waals surface area contributed by atoms with E-state index in [2.05, 4.69) is 10.6 Å². The van der Waals surface area contributed by atoms with Gasteiger partial charge < -0.3 is 15.7 Å². The Morgan fingerprint density at radius 2 is 1.86 bits per heavy atom. The van der Waals surface area contributed by atoms with Crippen LogP contribution in [-0.4, -0.2) is 23.5 Å². The number of hydrogen-bond donors (Lipinski definition) is 3. The molecule has 0 aromatic heterocycles. The van der Waals surface area contributed by atoms with Crippen LogP contribution in [0.5, 0.6) is 0 Å². The predicted molar refractivity (Wildman–Crippen MR) is 79.7 cm³/mol. The van der Waals surface area contributed by atoms with Gasteiger partial charge in [-0.15, -0.1) is 0 Å². The average Bonchev–Trinajstić information content (AvgIpc) is 2.53. The first-order valence-electron chi connectivity index (χ1n) is 6.62. The van der Waals surface area contributed by atoms with E-state index in [1.165, 1.54) is 18.2 Å². The third kappa shape index (κ3) is 4.13. The molecule has 0 heterocycles. The fraction of sp³-hybridized carbons (Fsp3) is 0.125. The maximum Gasteiger partial charge on any atom is 0.254 e. The number of carbonyl (C=O) groups excluding carboxylic acids is 2. The zero-order chi connectivity index (χ0) is 15.9. The van der Waals surface area contributed by atoms with Crippen LogP contribution in [0.1, 0.15) is 15.9 Å². The average molecular weight is 302 g/mol. The summed E-state index contributed by atoms with van der Waals surface area (Å²) in [6, 6.07) is 12.2. The van der Waals surface area contributed by atoms with E-state index in [0.29, 0.717) is 11.3 Å². The van der Waals surface area contributed by atoms with Crippen LogP contribution in [0.2, 0.25) is 0 Å². The number of hydrogen-bond acceptors (Lipinski definition) is 3. The number of nitrogens with one attached hydrogen (secondary N) is 2. The highest BCUT2D eigenvalue weighted by atomic mass is 19.1. The normalized spacial score (nSPS) is 10.1. The molecule has 0 bridgehead atoms. The van der Waals surface area contributed by atoms with E-state index in [4.69, 9.17) is 5.11 Å². The lowest BCUT2D eigenvalue weighted by molar-refractivity contribution is -0.115. The van der Waals surface area contributed by atoms with Crippen molar-refractivity contribution in [1.82, 2.24) is 5.32 Å². The van der Waals surface area contributed by atoms with Crippen molar-refractivity contribution in [3.05, 3.63) is 65.5 Å². The Bertz CT molecular complexity index is 689. The minimum absolute atomic E-state index is 0.113. The van der Waals surface area contributed by atoms with Crippen LogP contribution in [0.15, 0.2) is 48.5 Å². The smallest absolute Gasteiger partial charge is 0.254 e. The summed E-state index contributed by atoms with van der Waals surface area (Å²) in [4.78, 5) is 23.5. The summed E-state index contributed by atoms with van der Waals surface area (Å²) in [5, 5.41) is 13.9. The third-order valence-corrected chi connectivity index (χ3v) is 2.92. The quantitative estimate of drug-likeness (QED) is 0.786. The number of anilines is 1. The molecule has 6 heteroatoms. The Hall–Kier alpha value is -2.73. The van der Waals surface area contributed by atoms with Gasteiger partial charge in [0, 0.05) is 5.69 Å². The lowest BCUT2D eigenvalue weighted by Crippen LogP contribution is -2.33. The molecule has 3 N–H and O–H groups in total. The summed E-state index contributed by atoms with van der Waals surface area (Å²) in [7, 11) is 0. The lowest BCUT2D eigenvalue weighted by atomic mass is 10.2. The molecule has 0 aliphatic carbocycles. The van der Waals surface area contributed by atoms with Crippen molar-refractivity contribution in [2.24, 2.45) is 0 Å². The summed E-state index contributed by atoms with van der Waals surface area (Å²) < 4.78 is 13.4. The molecule has 0 fully saturated rings. The molecule has 2 aromatic rings. The number of aliphatic hydroxyl groups is 1. The molecule has 0 saturated carbocycles. The van der Waals surface area contributed by atoms with Gasteiger partial charge in [-0.1, -0.05) is 24.3 Å². The molecular weight excluding hydrogens is 287 g/mol. The molecule has 0 spiro atoms. The first kappa shape index (κ1) is 15.7. The molecule has 0 aliphatic rings. The first-order chi connectivity index (χ1) is 10.6. The Kier molecular flexibility index (Phi) is 5.21. The van der Waals surface area contributed by atoms with Crippen molar-refractivity contribution < 1.29 is 19.1 Å². The van der Waals surface area contributed by atoms with Crippen LogP contribution >= 0.6 is 0 Å². The van der Waals surface area contributed by atoms with Crippen LogP contribution in [0.25, 0.3) is 0 Å². The van der Waals surface area contributed by atoms with Crippen LogP contribution in [0.3, 0.4) is 0 Å². The summed E-state index contributed by atoms with van der Waals surface area (Å²) in [5.41, 5.74) is 1.06. The molecule has 0 unspecified atom stereocenters. The van der Waals surface area contributed by atoms with Gasteiger partial charge in [0.1, 0.15) is 5.82 Å². The van der Waals surface area contributed by atoms with E-state index in [0.717, 1.165) is 0 Å². The van der Waals surface area contributed by atoms with Gasteiger partial charge >= 0.3 is 0 Å². The van der Waals surface area contributed by atoms with Crippen molar-refractivity contribution >= 4 is 17.5 Å². The standard InChI is InChI=1S/C16H15FN2O3/c17-14-7-2-1-6-13(14)16(22)18-9-15(21)19-12-5-3-4-11(8-12)10-20/h1-8,20H,9-10H2,(H,18,22)(H,19,21). The van der Waals surface area contributed by atoms with Crippen LogP contribution in [0.4, 0.5) is 10.1 Å². The van der Waals surface area contributed by atoms with Crippen molar-refractivity contribution in [2.45, 2.75) is 6.61 Å². The number of amides is 2. The molecule has 2 amide bonds. The van der Waals surface area contributed by atoms with Crippen LogP contribution in [-0.2, 0) is 11.4 Å². The molecule has 22 heavy (non-hydrogen) atoms. The molecule has 0 atom stereocenters. The molecule has 2 rings (SSSR count). The fourth-order valence-corrected chi connectivity index (χ4v) is 1.85. The van der Waals surface area contributed by atoms with E-state index in [-0.39, 0.29) is 18.7 Å². The number of halogens is 1. The van der Waals surface area contributed by atoms with E-state index in [1.807, 2.05) is 0 Å². The molecule has 5 nitrogen and oxygen atoms in total. The maximum absolute atomic E-state index is 13.4. The van der Waals surface area contributed by atoms with E-state index < -0.39 is 17.6 Å². The van der Waals surface area contributed by atoms with Gasteiger partial charge in [-0.2, -0.15) is 0 Å². The van der Waals surface area contributed by atoms with Crippen molar-refractivity contribution in [3.63, 3.8) is 0 Å². The van der Waals surface area contributed by atoms with Crippen molar-refractivity contribution in [2.75, 3.05) is 11.9 Å². The number of aliphatic hydroxyl groups excluding tert-OH is 1. The summed E-state index contributed by atoms with van der Waals surface area (Å²) in [6.07, 6.45) is 0. The summed E-state index contributed by atoms with van der Waals surface area (Å²) >= 11 is 0. The van der Waals surface area contributed by atoms with E-state index in [1.54, 1.807) is 30.3 Å². The highest BCUT2D eigenvalue weighted by Gasteiger charge is 2.12. The van der Waals surface area contributed by atoms with Crippen molar-refractivity contribution in [3.8, 4) is 0 Å². The molecule has 0 saturated heterocycles. The largest absolute Gasteiger partial charge is 0.392 e. The lowest BCUT2D eigenvalue weighted by Gasteiger charge is -2.08. The van der Waals surface area contributed by atoms with Gasteiger partial charge in [0.15, 0.2) is 0 Å². The maximum atomic E-state index is 13.4. The van der Waals surface area contributed by atoms with Gasteiger partial charge in [-0.3, -0.25) is 9.59 Å².